The topological polar surface area (TPSA) is 69.0 Å². The number of fused-ring (bicyclic) bond motifs is 1. The smallest absolute Gasteiger partial charge is 0.272 e. The summed E-state index contributed by atoms with van der Waals surface area (Å²) in [7, 11) is 0. The molecule has 1 atom stereocenters. The van der Waals surface area contributed by atoms with E-state index in [1.54, 1.807) is 12.1 Å². The van der Waals surface area contributed by atoms with Crippen LogP contribution >= 0.6 is 0 Å². The molecule has 1 N–H and O–H groups in total. The molecule has 29 heavy (non-hydrogen) atoms. The molecule has 1 saturated heterocycles. The Hall–Kier alpha value is -3.39. The molecule has 1 aliphatic heterocycles. The summed E-state index contributed by atoms with van der Waals surface area (Å²) >= 11 is 0. The molecule has 1 unspecified atom stereocenters. The van der Waals surface area contributed by atoms with Crippen molar-refractivity contribution in [2.24, 2.45) is 5.92 Å². The third-order valence-electron chi connectivity index (χ3n) is 5.42. The maximum absolute atomic E-state index is 13.1. The van der Waals surface area contributed by atoms with Crippen LogP contribution in [0.5, 0.6) is 0 Å². The van der Waals surface area contributed by atoms with E-state index in [0.29, 0.717) is 17.2 Å². The number of benzene rings is 2. The Labute approximate surface area is 171 Å². The number of pyridine rings is 1. The van der Waals surface area contributed by atoms with Gasteiger partial charge in [0.1, 0.15) is 5.69 Å². The van der Waals surface area contributed by atoms with Gasteiger partial charge in [-0.2, -0.15) is 5.26 Å². The molecule has 0 saturated carbocycles. The number of aromatic nitrogens is 1. The van der Waals surface area contributed by atoms with E-state index in [1.807, 2.05) is 42.2 Å². The lowest BCUT2D eigenvalue weighted by Crippen LogP contribution is -2.39. The van der Waals surface area contributed by atoms with Crippen molar-refractivity contribution in [3.8, 4) is 6.07 Å². The number of carbonyl (C=O) groups is 1. The highest BCUT2D eigenvalue weighted by Gasteiger charge is 2.24. The summed E-state index contributed by atoms with van der Waals surface area (Å²) in [6.45, 7) is 5.80. The van der Waals surface area contributed by atoms with Crippen LogP contribution in [0, 0.1) is 24.2 Å². The second kappa shape index (κ2) is 7.92. The molecule has 4 rings (SSSR count). The van der Waals surface area contributed by atoms with Gasteiger partial charge >= 0.3 is 0 Å². The van der Waals surface area contributed by atoms with Crippen LogP contribution in [0.1, 0.15) is 41.4 Å². The number of amides is 1. The number of hydrogen-bond acceptors (Lipinski definition) is 4. The summed E-state index contributed by atoms with van der Waals surface area (Å²) in [6, 6.07) is 17.3. The highest BCUT2D eigenvalue weighted by molar-refractivity contribution is 6.00. The summed E-state index contributed by atoms with van der Waals surface area (Å²) < 4.78 is 0. The van der Waals surface area contributed by atoms with Gasteiger partial charge in [0.25, 0.3) is 5.91 Å². The summed E-state index contributed by atoms with van der Waals surface area (Å²) in [5.74, 6) is 0.508. The van der Waals surface area contributed by atoms with Crippen molar-refractivity contribution in [1.29, 1.82) is 5.26 Å². The van der Waals surface area contributed by atoms with Gasteiger partial charge in [0.2, 0.25) is 0 Å². The van der Waals surface area contributed by atoms with Crippen molar-refractivity contribution < 1.29 is 4.79 Å². The molecule has 1 fully saturated rings. The minimum absolute atomic E-state index is 0.0121. The molecule has 1 aliphatic rings. The Balaban J connectivity index is 1.73. The SMILES string of the molecule is Cc1ccc2nc(C(=O)N3CCCC(C)C3)cc(Nc3ccc(C#N)cc3)c2c1. The number of nitriles is 1. The first kappa shape index (κ1) is 18.9. The molecule has 2 aromatic carbocycles. The average Bonchev–Trinajstić information content (AvgIpc) is 2.74. The lowest BCUT2D eigenvalue weighted by molar-refractivity contribution is 0.0677. The third-order valence-corrected chi connectivity index (χ3v) is 5.42. The fourth-order valence-corrected chi connectivity index (χ4v) is 3.87. The van der Waals surface area contributed by atoms with Crippen molar-refractivity contribution in [2.75, 3.05) is 18.4 Å². The van der Waals surface area contributed by atoms with Gasteiger partial charge in [-0.05, 0) is 68.1 Å². The quantitative estimate of drug-likeness (QED) is 0.687. The van der Waals surface area contributed by atoms with Crippen LogP contribution in [-0.4, -0.2) is 28.9 Å². The van der Waals surface area contributed by atoms with Gasteiger partial charge in [-0.15, -0.1) is 0 Å². The third kappa shape index (κ3) is 4.07. The maximum atomic E-state index is 13.1. The Morgan fingerprint density at radius 3 is 2.72 bits per heavy atom. The van der Waals surface area contributed by atoms with E-state index in [2.05, 4.69) is 29.4 Å². The zero-order chi connectivity index (χ0) is 20.4. The maximum Gasteiger partial charge on any atom is 0.272 e. The Kier molecular flexibility index (Phi) is 5.18. The first-order valence-electron chi connectivity index (χ1n) is 10.0. The van der Waals surface area contributed by atoms with E-state index in [4.69, 9.17) is 5.26 Å². The first-order chi connectivity index (χ1) is 14.0. The summed E-state index contributed by atoms with van der Waals surface area (Å²) in [5.41, 5.74) is 4.71. The van der Waals surface area contributed by atoms with Gasteiger partial charge in [-0.3, -0.25) is 4.79 Å². The fraction of sp³-hybridized carbons (Fsp3) is 0.292. The van der Waals surface area contributed by atoms with Crippen LogP contribution < -0.4 is 5.32 Å². The Bertz CT molecular complexity index is 1100. The fourth-order valence-electron chi connectivity index (χ4n) is 3.87. The minimum Gasteiger partial charge on any atom is -0.355 e. The largest absolute Gasteiger partial charge is 0.355 e. The number of piperidine rings is 1. The van der Waals surface area contributed by atoms with Crippen LogP contribution in [0.2, 0.25) is 0 Å². The van der Waals surface area contributed by atoms with Crippen molar-refractivity contribution in [3.63, 3.8) is 0 Å². The van der Waals surface area contributed by atoms with Crippen LogP contribution in [0.25, 0.3) is 10.9 Å². The number of rotatable bonds is 3. The van der Waals surface area contributed by atoms with E-state index < -0.39 is 0 Å². The normalized spacial score (nSPS) is 16.4. The molecule has 0 aliphatic carbocycles. The van der Waals surface area contributed by atoms with Crippen LogP contribution in [0.3, 0.4) is 0 Å². The second-order valence-corrected chi connectivity index (χ2v) is 7.89. The van der Waals surface area contributed by atoms with Crippen LogP contribution in [-0.2, 0) is 0 Å². The molecule has 5 heteroatoms. The highest BCUT2D eigenvalue weighted by atomic mass is 16.2. The van der Waals surface area contributed by atoms with Gasteiger partial charge in [0, 0.05) is 24.2 Å². The van der Waals surface area contributed by atoms with E-state index >= 15 is 0 Å². The van der Waals surface area contributed by atoms with Crippen molar-refractivity contribution >= 4 is 28.2 Å². The van der Waals surface area contributed by atoms with E-state index in [-0.39, 0.29) is 5.91 Å². The molecule has 146 valence electrons. The van der Waals surface area contributed by atoms with Gasteiger partial charge in [-0.1, -0.05) is 18.6 Å². The second-order valence-electron chi connectivity index (χ2n) is 7.89. The average molecular weight is 384 g/mol. The standard InChI is InChI=1S/C24H24N4O/c1-16-5-10-21-20(12-16)22(26-19-8-6-18(14-25)7-9-19)13-23(27-21)24(29)28-11-3-4-17(2)15-28/h5-10,12-13,17H,3-4,11,15H2,1-2H3,(H,26,27). The number of carbonyl (C=O) groups excluding carboxylic acids is 1. The molecule has 1 aromatic heterocycles. The molecular formula is C24H24N4O. The molecule has 2 heterocycles. The van der Waals surface area contributed by atoms with Gasteiger partial charge < -0.3 is 10.2 Å². The van der Waals surface area contributed by atoms with Crippen molar-refractivity contribution in [2.45, 2.75) is 26.7 Å². The zero-order valence-corrected chi connectivity index (χ0v) is 16.8. The number of hydrogen-bond donors (Lipinski definition) is 1. The molecule has 0 spiro atoms. The Morgan fingerprint density at radius 2 is 2.00 bits per heavy atom. The number of nitrogens with one attached hydrogen (secondary N) is 1. The number of nitrogens with zero attached hydrogens (tertiary/aromatic N) is 3. The molecule has 0 bridgehead atoms. The van der Waals surface area contributed by atoms with Crippen LogP contribution in [0.4, 0.5) is 11.4 Å². The van der Waals surface area contributed by atoms with Gasteiger partial charge in [0.05, 0.1) is 22.8 Å². The van der Waals surface area contributed by atoms with Crippen molar-refractivity contribution in [1.82, 2.24) is 9.88 Å². The van der Waals surface area contributed by atoms with Gasteiger partial charge in [0.15, 0.2) is 0 Å². The lowest BCUT2D eigenvalue weighted by atomic mass is 10.00. The lowest BCUT2D eigenvalue weighted by Gasteiger charge is -2.30. The predicted molar refractivity (Wildman–Crippen MR) is 115 cm³/mol. The molecule has 1 amide bonds. The molecule has 3 aromatic rings. The number of aryl methyl sites for hydroxylation is 1. The predicted octanol–water partition coefficient (Wildman–Crippen LogP) is 5.03. The summed E-state index contributed by atoms with van der Waals surface area (Å²) in [5, 5.41) is 13.4. The summed E-state index contributed by atoms with van der Waals surface area (Å²) in [6.07, 6.45) is 2.20. The summed E-state index contributed by atoms with van der Waals surface area (Å²) in [4.78, 5) is 19.7. The van der Waals surface area contributed by atoms with Crippen molar-refractivity contribution in [3.05, 3.63) is 65.4 Å². The van der Waals surface area contributed by atoms with Gasteiger partial charge in [-0.25, -0.2) is 4.98 Å². The highest BCUT2D eigenvalue weighted by Crippen LogP contribution is 2.29. The monoisotopic (exact) mass is 384 g/mol. The molecular weight excluding hydrogens is 360 g/mol. The first-order valence-corrected chi connectivity index (χ1v) is 10.0. The van der Waals surface area contributed by atoms with E-state index in [9.17, 15) is 4.79 Å². The molecule has 0 radical (unpaired) electrons. The van der Waals surface area contributed by atoms with E-state index in [0.717, 1.165) is 47.4 Å². The number of anilines is 2. The van der Waals surface area contributed by atoms with E-state index in [1.165, 1.54) is 6.42 Å². The minimum atomic E-state index is -0.0121. The van der Waals surface area contributed by atoms with Crippen LogP contribution in [0.15, 0.2) is 48.5 Å². The zero-order valence-electron chi connectivity index (χ0n) is 16.8. The Morgan fingerprint density at radius 1 is 1.21 bits per heavy atom. The number of likely N-dealkylation sites (tertiary alicyclic amines) is 1. The molecule has 5 nitrogen and oxygen atoms in total.